The molecule has 0 amide bonds. The van der Waals surface area contributed by atoms with Crippen LogP contribution in [0.15, 0.2) is 0 Å². The van der Waals surface area contributed by atoms with Crippen LogP contribution in [0.25, 0.3) is 0 Å². The Bertz CT molecular complexity index is 231. The first-order chi connectivity index (χ1) is 8.19. The van der Waals surface area contributed by atoms with Gasteiger partial charge in [0.05, 0.1) is 0 Å². The van der Waals surface area contributed by atoms with E-state index in [1.165, 1.54) is 45.2 Å². The lowest BCUT2D eigenvalue weighted by Crippen LogP contribution is -2.30. The molecule has 0 aromatic rings. The summed E-state index contributed by atoms with van der Waals surface area (Å²) in [6.45, 7) is 5.00. The van der Waals surface area contributed by atoms with Crippen molar-refractivity contribution >= 4 is 12.6 Å². The second-order valence-corrected chi connectivity index (χ2v) is 7.05. The molecule has 1 nitrogen and oxygen atoms in total. The van der Waals surface area contributed by atoms with Crippen LogP contribution in [0, 0.1) is 23.7 Å². The van der Waals surface area contributed by atoms with Gasteiger partial charge in [-0.15, -0.1) is 0 Å². The van der Waals surface area contributed by atoms with Crippen molar-refractivity contribution in [2.24, 2.45) is 23.7 Å². The maximum Gasteiger partial charge on any atom is 0.000936 e. The molecule has 0 aromatic heterocycles. The highest BCUT2D eigenvalue weighted by Crippen LogP contribution is 2.48. The van der Waals surface area contributed by atoms with E-state index in [2.05, 4.69) is 31.5 Å². The molecule has 0 heterocycles. The van der Waals surface area contributed by atoms with Gasteiger partial charge in [-0.3, -0.25) is 0 Å². The monoisotopic (exact) mass is 255 g/mol. The van der Waals surface area contributed by atoms with Crippen LogP contribution >= 0.6 is 12.6 Å². The molecule has 2 aliphatic carbocycles. The summed E-state index contributed by atoms with van der Waals surface area (Å²) in [5, 5.41) is 0. The standard InChI is InChI=1S/C15H29NS/c1-12(6-8-17)5-7-16(2)11-15-10-13-3-4-14(15)9-13/h12-15,17H,3-11H2,1-2H3. The van der Waals surface area contributed by atoms with Crippen LogP contribution in [0.3, 0.4) is 0 Å². The van der Waals surface area contributed by atoms with Gasteiger partial charge in [-0.05, 0) is 75.1 Å². The van der Waals surface area contributed by atoms with Crippen LogP contribution < -0.4 is 0 Å². The van der Waals surface area contributed by atoms with Gasteiger partial charge in [0.1, 0.15) is 0 Å². The predicted octanol–water partition coefficient (Wildman–Crippen LogP) is 3.70. The molecule has 2 bridgehead atoms. The second-order valence-electron chi connectivity index (χ2n) is 6.60. The minimum Gasteiger partial charge on any atom is -0.306 e. The molecule has 17 heavy (non-hydrogen) atoms. The van der Waals surface area contributed by atoms with E-state index in [1.54, 1.807) is 6.42 Å². The van der Waals surface area contributed by atoms with E-state index in [0.717, 1.165) is 29.4 Å². The quantitative estimate of drug-likeness (QED) is 0.679. The largest absolute Gasteiger partial charge is 0.306 e. The molecule has 0 radical (unpaired) electrons. The topological polar surface area (TPSA) is 3.24 Å². The van der Waals surface area contributed by atoms with Crippen molar-refractivity contribution in [1.29, 1.82) is 0 Å². The molecule has 0 saturated heterocycles. The van der Waals surface area contributed by atoms with Crippen LogP contribution in [0.4, 0.5) is 0 Å². The minimum atomic E-state index is 0.843. The fourth-order valence-corrected chi connectivity index (χ4v) is 4.34. The van der Waals surface area contributed by atoms with E-state index in [1.807, 2.05) is 0 Å². The lowest BCUT2D eigenvalue weighted by atomic mass is 9.88. The summed E-state index contributed by atoms with van der Waals surface area (Å²) in [6.07, 6.45) is 8.75. The molecule has 100 valence electrons. The molecule has 2 rings (SSSR count). The van der Waals surface area contributed by atoms with Crippen molar-refractivity contribution in [3.05, 3.63) is 0 Å². The summed E-state index contributed by atoms with van der Waals surface area (Å²) in [4.78, 5) is 2.58. The third-order valence-electron chi connectivity index (χ3n) is 5.06. The van der Waals surface area contributed by atoms with Crippen molar-refractivity contribution in [2.45, 2.75) is 45.4 Å². The molecule has 4 atom stereocenters. The molecule has 2 heteroatoms. The van der Waals surface area contributed by atoms with E-state index in [4.69, 9.17) is 0 Å². The van der Waals surface area contributed by atoms with Crippen LogP contribution in [-0.4, -0.2) is 30.8 Å². The third-order valence-corrected chi connectivity index (χ3v) is 5.31. The van der Waals surface area contributed by atoms with Gasteiger partial charge in [0.25, 0.3) is 0 Å². The lowest BCUT2D eigenvalue weighted by molar-refractivity contribution is 0.210. The van der Waals surface area contributed by atoms with Gasteiger partial charge in [-0.1, -0.05) is 13.3 Å². The Kier molecular flexibility index (Phi) is 5.23. The molecule has 0 N–H and O–H groups in total. The zero-order chi connectivity index (χ0) is 12.3. The van der Waals surface area contributed by atoms with Gasteiger partial charge < -0.3 is 4.90 Å². The number of hydrogen-bond acceptors (Lipinski definition) is 2. The molecular formula is C15H29NS. The summed E-state index contributed by atoms with van der Waals surface area (Å²) < 4.78 is 0. The van der Waals surface area contributed by atoms with Crippen molar-refractivity contribution in [2.75, 3.05) is 25.9 Å². The fraction of sp³-hybridized carbons (Fsp3) is 1.00. The second kappa shape index (κ2) is 6.47. The van der Waals surface area contributed by atoms with Gasteiger partial charge >= 0.3 is 0 Å². The van der Waals surface area contributed by atoms with Gasteiger partial charge in [-0.25, -0.2) is 0 Å². The Morgan fingerprint density at radius 3 is 2.65 bits per heavy atom. The average Bonchev–Trinajstić information content (AvgIpc) is 2.88. The zero-order valence-electron chi connectivity index (χ0n) is 11.6. The summed E-state index contributed by atoms with van der Waals surface area (Å²) in [5.41, 5.74) is 0. The summed E-state index contributed by atoms with van der Waals surface area (Å²) in [6, 6.07) is 0. The van der Waals surface area contributed by atoms with E-state index < -0.39 is 0 Å². The zero-order valence-corrected chi connectivity index (χ0v) is 12.5. The highest BCUT2D eigenvalue weighted by Gasteiger charge is 2.39. The number of rotatable bonds is 7. The molecule has 2 fully saturated rings. The third kappa shape index (κ3) is 3.89. The molecule has 0 aliphatic heterocycles. The van der Waals surface area contributed by atoms with E-state index in [0.29, 0.717) is 0 Å². The average molecular weight is 255 g/mol. The summed E-state index contributed by atoms with van der Waals surface area (Å²) >= 11 is 4.31. The Labute approximate surface area is 113 Å². The molecule has 0 aromatic carbocycles. The van der Waals surface area contributed by atoms with E-state index in [-0.39, 0.29) is 0 Å². The molecule has 0 spiro atoms. The van der Waals surface area contributed by atoms with Crippen LogP contribution in [0.1, 0.15) is 45.4 Å². The summed E-state index contributed by atoms with van der Waals surface area (Å²) in [7, 11) is 2.32. The number of nitrogens with zero attached hydrogens (tertiary/aromatic N) is 1. The van der Waals surface area contributed by atoms with Crippen LogP contribution in [0.2, 0.25) is 0 Å². The fourth-order valence-electron chi connectivity index (χ4n) is 3.90. The lowest BCUT2D eigenvalue weighted by Gasteiger charge is -2.27. The summed E-state index contributed by atoms with van der Waals surface area (Å²) in [5.74, 6) is 5.09. The number of thiol groups is 1. The molecule has 4 unspecified atom stereocenters. The Morgan fingerprint density at radius 1 is 1.24 bits per heavy atom. The number of fused-ring (bicyclic) bond motifs is 2. The highest BCUT2D eigenvalue weighted by atomic mass is 32.1. The maximum absolute atomic E-state index is 4.31. The first-order valence-corrected chi connectivity index (χ1v) is 8.11. The Morgan fingerprint density at radius 2 is 2.06 bits per heavy atom. The SMILES string of the molecule is CC(CCS)CCN(C)CC1CC2CCC1C2. The van der Waals surface area contributed by atoms with Crippen molar-refractivity contribution in [3.8, 4) is 0 Å². The first-order valence-electron chi connectivity index (χ1n) is 7.48. The van der Waals surface area contributed by atoms with Crippen molar-refractivity contribution in [3.63, 3.8) is 0 Å². The van der Waals surface area contributed by atoms with Crippen molar-refractivity contribution in [1.82, 2.24) is 4.90 Å². The number of hydrogen-bond donors (Lipinski definition) is 1. The van der Waals surface area contributed by atoms with Gasteiger partial charge in [0.15, 0.2) is 0 Å². The van der Waals surface area contributed by atoms with E-state index in [9.17, 15) is 0 Å². The Balaban J connectivity index is 1.62. The van der Waals surface area contributed by atoms with Crippen molar-refractivity contribution < 1.29 is 0 Å². The smallest absolute Gasteiger partial charge is 0.000936 e. The first kappa shape index (κ1) is 13.7. The predicted molar refractivity (Wildman–Crippen MR) is 78.7 cm³/mol. The van der Waals surface area contributed by atoms with Gasteiger partial charge in [-0.2, -0.15) is 12.6 Å². The van der Waals surface area contributed by atoms with Crippen LogP contribution in [0.5, 0.6) is 0 Å². The van der Waals surface area contributed by atoms with E-state index >= 15 is 0 Å². The maximum atomic E-state index is 4.31. The minimum absolute atomic E-state index is 0.843. The van der Waals surface area contributed by atoms with Gasteiger partial charge in [0, 0.05) is 6.54 Å². The van der Waals surface area contributed by atoms with Gasteiger partial charge in [0.2, 0.25) is 0 Å². The normalized spacial score (nSPS) is 33.5. The highest BCUT2D eigenvalue weighted by molar-refractivity contribution is 7.80. The molecule has 2 saturated carbocycles. The molecule has 2 aliphatic rings. The Hall–Kier alpha value is 0.310. The van der Waals surface area contributed by atoms with Crippen LogP contribution in [-0.2, 0) is 0 Å². The molecular weight excluding hydrogens is 226 g/mol.